The number of benzene rings is 2. The Hall–Kier alpha value is -2.14. The predicted octanol–water partition coefficient (Wildman–Crippen LogP) is 4.45. The number of nitrogens with zero attached hydrogens (tertiary/aromatic N) is 2. The molecular formula is C23H26ClN3O. The van der Waals surface area contributed by atoms with E-state index in [1.165, 1.54) is 16.7 Å². The van der Waals surface area contributed by atoms with Crippen LogP contribution in [0.2, 0.25) is 5.02 Å². The quantitative estimate of drug-likeness (QED) is 0.670. The van der Waals surface area contributed by atoms with Crippen LogP contribution in [0, 0.1) is 6.92 Å². The number of aliphatic hydroxyl groups excluding tert-OH is 1. The summed E-state index contributed by atoms with van der Waals surface area (Å²) in [5.74, 6) is 1.03. The van der Waals surface area contributed by atoms with Gasteiger partial charge in [-0.25, -0.2) is 4.98 Å². The van der Waals surface area contributed by atoms with Crippen molar-refractivity contribution >= 4 is 28.3 Å². The molecule has 0 unspecified atom stereocenters. The Balaban J connectivity index is 1.59. The molecular weight excluding hydrogens is 370 g/mol. The molecule has 0 amide bonds. The van der Waals surface area contributed by atoms with Crippen molar-refractivity contribution in [3.05, 3.63) is 70.2 Å². The lowest BCUT2D eigenvalue weighted by atomic mass is 10.1. The molecule has 4 nitrogen and oxygen atoms in total. The van der Waals surface area contributed by atoms with E-state index in [0.717, 1.165) is 60.8 Å². The molecule has 2 N–H and O–H groups in total. The summed E-state index contributed by atoms with van der Waals surface area (Å²) < 4.78 is 0. The van der Waals surface area contributed by atoms with Gasteiger partial charge in [0.05, 0.1) is 11.6 Å². The highest BCUT2D eigenvalue weighted by molar-refractivity contribution is 6.30. The van der Waals surface area contributed by atoms with Gasteiger partial charge in [0, 0.05) is 42.2 Å². The van der Waals surface area contributed by atoms with Gasteiger partial charge < -0.3 is 15.3 Å². The van der Waals surface area contributed by atoms with E-state index in [-0.39, 0.29) is 6.10 Å². The molecule has 1 saturated heterocycles. The topological polar surface area (TPSA) is 48.4 Å². The van der Waals surface area contributed by atoms with Gasteiger partial charge in [0.1, 0.15) is 5.82 Å². The molecule has 5 heteroatoms. The molecule has 146 valence electrons. The van der Waals surface area contributed by atoms with Crippen LogP contribution in [0.1, 0.15) is 29.5 Å². The summed E-state index contributed by atoms with van der Waals surface area (Å²) in [6.45, 7) is 5.26. The number of aliphatic hydroxyl groups is 1. The van der Waals surface area contributed by atoms with Crippen LogP contribution in [0.25, 0.3) is 10.9 Å². The first-order chi connectivity index (χ1) is 13.6. The van der Waals surface area contributed by atoms with Crippen molar-refractivity contribution in [2.75, 3.05) is 18.0 Å². The first-order valence-corrected chi connectivity index (χ1v) is 10.2. The van der Waals surface area contributed by atoms with Gasteiger partial charge in [-0.15, -0.1) is 0 Å². The van der Waals surface area contributed by atoms with Crippen LogP contribution in [0.3, 0.4) is 0 Å². The minimum absolute atomic E-state index is 0.191. The third-order valence-electron chi connectivity index (χ3n) is 5.33. The zero-order chi connectivity index (χ0) is 19.5. The van der Waals surface area contributed by atoms with E-state index < -0.39 is 0 Å². The van der Waals surface area contributed by atoms with Crippen molar-refractivity contribution < 1.29 is 5.11 Å². The minimum Gasteiger partial charge on any atom is -0.393 e. The first-order valence-electron chi connectivity index (χ1n) is 9.87. The standard InChI is InChI=1S/C23H26ClN3O/c1-16-5-6-18-13-19(15-25-14-17-3-2-4-20(24)12-17)23(26-22(18)11-16)27-9-7-21(28)8-10-27/h2-6,11-13,21,25,28H,7-10,14-15H2,1H3. The second-order valence-electron chi connectivity index (χ2n) is 7.62. The Morgan fingerprint density at radius 2 is 1.93 bits per heavy atom. The fourth-order valence-corrected chi connectivity index (χ4v) is 3.99. The molecule has 0 bridgehead atoms. The summed E-state index contributed by atoms with van der Waals surface area (Å²) in [5.41, 5.74) is 4.60. The number of fused-ring (bicyclic) bond motifs is 1. The Labute approximate surface area is 171 Å². The molecule has 0 radical (unpaired) electrons. The fraction of sp³-hybridized carbons (Fsp3) is 0.348. The van der Waals surface area contributed by atoms with Gasteiger partial charge in [0.15, 0.2) is 0 Å². The molecule has 1 aromatic heterocycles. The zero-order valence-electron chi connectivity index (χ0n) is 16.2. The molecule has 4 rings (SSSR count). The van der Waals surface area contributed by atoms with E-state index in [1.807, 2.05) is 18.2 Å². The molecule has 0 spiro atoms. The van der Waals surface area contributed by atoms with Crippen molar-refractivity contribution in [2.45, 2.75) is 39.0 Å². The third-order valence-corrected chi connectivity index (χ3v) is 5.56. The van der Waals surface area contributed by atoms with Gasteiger partial charge in [-0.3, -0.25) is 0 Å². The van der Waals surface area contributed by atoms with E-state index in [1.54, 1.807) is 0 Å². The number of rotatable bonds is 5. The van der Waals surface area contributed by atoms with Gasteiger partial charge in [-0.1, -0.05) is 35.9 Å². The van der Waals surface area contributed by atoms with Crippen molar-refractivity contribution in [2.24, 2.45) is 0 Å². The Kier molecular flexibility index (Phi) is 5.81. The minimum atomic E-state index is -0.191. The molecule has 3 aromatic rings. The maximum atomic E-state index is 9.87. The molecule has 0 saturated carbocycles. The maximum absolute atomic E-state index is 9.87. The highest BCUT2D eigenvalue weighted by Crippen LogP contribution is 2.27. The highest BCUT2D eigenvalue weighted by atomic mass is 35.5. The van der Waals surface area contributed by atoms with Gasteiger partial charge in [-0.05, 0) is 55.2 Å². The van der Waals surface area contributed by atoms with Crippen LogP contribution in [0.4, 0.5) is 5.82 Å². The number of piperidine rings is 1. The average molecular weight is 396 g/mol. The van der Waals surface area contributed by atoms with E-state index in [4.69, 9.17) is 16.6 Å². The monoisotopic (exact) mass is 395 g/mol. The van der Waals surface area contributed by atoms with E-state index in [2.05, 4.69) is 47.5 Å². The van der Waals surface area contributed by atoms with E-state index in [0.29, 0.717) is 0 Å². The number of hydrogen-bond acceptors (Lipinski definition) is 4. The smallest absolute Gasteiger partial charge is 0.133 e. The van der Waals surface area contributed by atoms with Crippen molar-refractivity contribution in [1.29, 1.82) is 0 Å². The number of anilines is 1. The highest BCUT2D eigenvalue weighted by Gasteiger charge is 2.21. The van der Waals surface area contributed by atoms with E-state index in [9.17, 15) is 5.11 Å². The van der Waals surface area contributed by atoms with Crippen LogP contribution in [-0.4, -0.2) is 29.3 Å². The van der Waals surface area contributed by atoms with Crippen LogP contribution in [0.15, 0.2) is 48.5 Å². The van der Waals surface area contributed by atoms with Crippen molar-refractivity contribution in [1.82, 2.24) is 10.3 Å². The van der Waals surface area contributed by atoms with Crippen molar-refractivity contribution in [3.63, 3.8) is 0 Å². The summed E-state index contributed by atoms with van der Waals surface area (Å²) in [7, 11) is 0. The number of nitrogens with one attached hydrogen (secondary N) is 1. The van der Waals surface area contributed by atoms with Crippen LogP contribution in [-0.2, 0) is 13.1 Å². The van der Waals surface area contributed by atoms with Gasteiger partial charge in [-0.2, -0.15) is 0 Å². The van der Waals surface area contributed by atoms with E-state index >= 15 is 0 Å². The number of halogens is 1. The number of hydrogen-bond donors (Lipinski definition) is 2. The van der Waals surface area contributed by atoms with Crippen LogP contribution in [0.5, 0.6) is 0 Å². The van der Waals surface area contributed by atoms with Gasteiger partial charge in [0.2, 0.25) is 0 Å². The molecule has 2 heterocycles. The fourth-order valence-electron chi connectivity index (χ4n) is 3.78. The molecule has 1 aliphatic heterocycles. The average Bonchev–Trinajstić information content (AvgIpc) is 2.68. The van der Waals surface area contributed by atoms with Gasteiger partial charge in [0.25, 0.3) is 0 Å². The molecule has 2 aromatic carbocycles. The predicted molar refractivity (Wildman–Crippen MR) is 116 cm³/mol. The molecule has 28 heavy (non-hydrogen) atoms. The Bertz CT molecular complexity index is 967. The van der Waals surface area contributed by atoms with Gasteiger partial charge >= 0.3 is 0 Å². The van der Waals surface area contributed by atoms with Crippen LogP contribution >= 0.6 is 11.6 Å². The molecule has 1 fully saturated rings. The lowest BCUT2D eigenvalue weighted by Gasteiger charge is -2.32. The largest absolute Gasteiger partial charge is 0.393 e. The molecule has 0 atom stereocenters. The number of aryl methyl sites for hydroxylation is 1. The summed E-state index contributed by atoms with van der Waals surface area (Å²) in [4.78, 5) is 7.32. The Morgan fingerprint density at radius 1 is 1.11 bits per heavy atom. The summed E-state index contributed by atoms with van der Waals surface area (Å²) in [6, 6.07) is 16.6. The maximum Gasteiger partial charge on any atom is 0.133 e. The number of aromatic nitrogens is 1. The lowest BCUT2D eigenvalue weighted by molar-refractivity contribution is 0.145. The Morgan fingerprint density at radius 3 is 2.71 bits per heavy atom. The SMILES string of the molecule is Cc1ccc2cc(CNCc3cccc(Cl)c3)c(N3CCC(O)CC3)nc2c1. The second kappa shape index (κ2) is 8.48. The normalized spacial score (nSPS) is 15.3. The summed E-state index contributed by atoms with van der Waals surface area (Å²) in [5, 5.41) is 15.3. The number of pyridine rings is 1. The first kappa shape index (κ1) is 19.2. The lowest BCUT2D eigenvalue weighted by Crippen LogP contribution is -2.37. The molecule has 0 aliphatic carbocycles. The summed E-state index contributed by atoms with van der Waals surface area (Å²) >= 11 is 6.09. The summed E-state index contributed by atoms with van der Waals surface area (Å²) in [6.07, 6.45) is 1.40. The molecule has 1 aliphatic rings. The zero-order valence-corrected chi connectivity index (χ0v) is 16.9. The third kappa shape index (κ3) is 4.46. The van der Waals surface area contributed by atoms with Crippen molar-refractivity contribution in [3.8, 4) is 0 Å². The second-order valence-corrected chi connectivity index (χ2v) is 8.06. The van der Waals surface area contributed by atoms with Crippen LogP contribution < -0.4 is 10.2 Å².